The predicted molar refractivity (Wildman–Crippen MR) is 97.5 cm³/mol. The third kappa shape index (κ3) is 3.20. The van der Waals surface area contributed by atoms with E-state index in [1.807, 2.05) is 0 Å². The molecule has 1 aliphatic heterocycles. The van der Waals surface area contributed by atoms with Crippen LogP contribution < -0.4 is 5.32 Å². The summed E-state index contributed by atoms with van der Waals surface area (Å²) in [5.74, 6) is 0.328. The number of halogens is 1. The summed E-state index contributed by atoms with van der Waals surface area (Å²) >= 11 is 0. The molecule has 10 heteroatoms. The van der Waals surface area contributed by atoms with Crippen molar-refractivity contribution in [1.82, 2.24) is 19.5 Å². The van der Waals surface area contributed by atoms with E-state index in [1.54, 1.807) is 25.1 Å². The molecule has 148 valence electrons. The number of methoxy groups -OCH3 is 1. The van der Waals surface area contributed by atoms with Crippen LogP contribution in [0.15, 0.2) is 30.6 Å². The first-order valence-corrected chi connectivity index (χ1v) is 8.73. The third-order valence-corrected chi connectivity index (χ3v) is 4.60. The van der Waals surface area contributed by atoms with Crippen LogP contribution in [0.5, 0.6) is 0 Å². The fourth-order valence-corrected chi connectivity index (χ4v) is 3.25. The first-order valence-electron chi connectivity index (χ1n) is 8.73. The van der Waals surface area contributed by atoms with Crippen molar-refractivity contribution in [3.8, 4) is 0 Å². The van der Waals surface area contributed by atoms with Gasteiger partial charge in [0.05, 0.1) is 18.6 Å². The summed E-state index contributed by atoms with van der Waals surface area (Å²) in [5, 5.41) is 23.5. The van der Waals surface area contributed by atoms with E-state index in [-0.39, 0.29) is 12.3 Å². The molecule has 2 aromatic heterocycles. The number of hydrogen-bond donors (Lipinski definition) is 3. The number of aliphatic hydroxyl groups excluding tert-OH is 2. The van der Waals surface area contributed by atoms with Crippen LogP contribution in [0.2, 0.25) is 0 Å². The Morgan fingerprint density at radius 2 is 2.04 bits per heavy atom. The molecule has 0 unspecified atom stereocenters. The van der Waals surface area contributed by atoms with Crippen molar-refractivity contribution < 1.29 is 24.1 Å². The fourth-order valence-electron chi connectivity index (χ4n) is 3.25. The van der Waals surface area contributed by atoms with E-state index in [2.05, 4.69) is 20.3 Å². The number of fused-ring (bicyclic) bond motifs is 1. The van der Waals surface area contributed by atoms with Gasteiger partial charge in [0.1, 0.15) is 30.0 Å². The van der Waals surface area contributed by atoms with Crippen LogP contribution >= 0.6 is 0 Å². The van der Waals surface area contributed by atoms with Gasteiger partial charge in [-0.3, -0.25) is 4.57 Å². The highest BCUT2D eigenvalue weighted by molar-refractivity contribution is 5.85. The number of rotatable bonds is 5. The van der Waals surface area contributed by atoms with Crippen LogP contribution in [0.4, 0.5) is 15.9 Å². The van der Waals surface area contributed by atoms with E-state index in [0.717, 1.165) is 0 Å². The number of nitrogens with one attached hydrogen (secondary N) is 1. The molecule has 1 saturated heterocycles. The van der Waals surface area contributed by atoms with Gasteiger partial charge in [0.15, 0.2) is 23.2 Å². The molecule has 0 bridgehead atoms. The molecule has 1 aliphatic rings. The van der Waals surface area contributed by atoms with Crippen molar-refractivity contribution in [3.05, 3.63) is 42.2 Å². The average molecular weight is 389 g/mol. The molecule has 0 aliphatic carbocycles. The van der Waals surface area contributed by atoms with Gasteiger partial charge in [-0.15, -0.1) is 0 Å². The molecule has 0 radical (unpaired) electrons. The summed E-state index contributed by atoms with van der Waals surface area (Å²) in [6, 6.07) is 6.23. The van der Waals surface area contributed by atoms with Gasteiger partial charge in [0, 0.05) is 7.11 Å². The van der Waals surface area contributed by atoms with Crippen LogP contribution in [0.1, 0.15) is 12.1 Å². The largest absolute Gasteiger partial charge is 0.387 e. The zero-order valence-electron chi connectivity index (χ0n) is 15.3. The molecule has 0 saturated carbocycles. The Labute approximate surface area is 159 Å². The van der Waals surface area contributed by atoms with Crippen molar-refractivity contribution in [2.75, 3.05) is 19.0 Å². The maximum atomic E-state index is 14.0. The second-order valence-electron chi connectivity index (χ2n) is 6.55. The van der Waals surface area contributed by atoms with Crippen LogP contribution in [0.25, 0.3) is 11.2 Å². The molecule has 4 rings (SSSR count). The minimum absolute atomic E-state index is 0.134. The second-order valence-corrected chi connectivity index (χ2v) is 6.55. The Hall–Kier alpha value is -2.66. The third-order valence-electron chi connectivity index (χ3n) is 4.60. The lowest BCUT2D eigenvalue weighted by atomic mass is 10.1. The number of aromatic nitrogens is 4. The smallest absolute Gasteiger partial charge is 0.167 e. The van der Waals surface area contributed by atoms with E-state index >= 15 is 0 Å². The molecule has 28 heavy (non-hydrogen) atoms. The minimum Gasteiger partial charge on any atom is -0.387 e. The summed E-state index contributed by atoms with van der Waals surface area (Å²) in [7, 11) is 1.49. The number of imidazole rings is 1. The molecule has 1 fully saturated rings. The van der Waals surface area contributed by atoms with Crippen LogP contribution in [0.3, 0.4) is 0 Å². The molecule has 3 heterocycles. The molecule has 1 aromatic carbocycles. The van der Waals surface area contributed by atoms with Gasteiger partial charge in [-0.2, -0.15) is 0 Å². The van der Waals surface area contributed by atoms with E-state index in [4.69, 9.17) is 9.47 Å². The number of ether oxygens (including phenoxy) is 2. The van der Waals surface area contributed by atoms with E-state index in [9.17, 15) is 14.6 Å². The van der Waals surface area contributed by atoms with Crippen molar-refractivity contribution in [2.45, 2.75) is 31.5 Å². The molecule has 4 atom stereocenters. The molecular weight excluding hydrogens is 369 g/mol. The lowest BCUT2D eigenvalue weighted by molar-refractivity contribution is -0.0580. The highest BCUT2D eigenvalue weighted by Crippen LogP contribution is 2.33. The zero-order chi connectivity index (χ0) is 19.8. The lowest BCUT2D eigenvalue weighted by Crippen LogP contribution is -2.33. The van der Waals surface area contributed by atoms with E-state index < -0.39 is 30.4 Å². The summed E-state index contributed by atoms with van der Waals surface area (Å²) in [4.78, 5) is 13.0. The highest BCUT2D eigenvalue weighted by Gasteiger charge is 2.44. The lowest BCUT2D eigenvalue weighted by Gasteiger charge is -2.17. The number of aryl methyl sites for hydroxylation is 1. The van der Waals surface area contributed by atoms with Crippen LogP contribution in [0, 0.1) is 12.7 Å². The summed E-state index contributed by atoms with van der Waals surface area (Å²) < 4.78 is 26.3. The normalized spacial score (nSPS) is 24.8. The predicted octanol–water partition coefficient (Wildman–Crippen LogP) is 1.28. The molecule has 3 N–H and O–H groups in total. The Kier molecular flexibility index (Phi) is 4.94. The standard InChI is InChI=1S/C18H20FN5O4/c1-9-21-16(23-11-6-4-3-5-10(11)19)13-17(22-9)24(8-20-13)18-15(26)14(25)12(28-18)7-27-2/h3-6,8,12,14-15,18,25-26H,7H2,1-2H3,(H,21,22,23)/t12-,14-,15-,18-/m1/s1. The van der Waals surface area contributed by atoms with Crippen molar-refractivity contribution >= 4 is 22.7 Å². The van der Waals surface area contributed by atoms with Gasteiger partial charge >= 0.3 is 0 Å². The summed E-state index contributed by atoms with van der Waals surface area (Å²) in [6.07, 6.45) is -2.42. The second kappa shape index (κ2) is 7.40. The minimum atomic E-state index is -1.18. The fraction of sp³-hybridized carbons (Fsp3) is 0.389. The molecule has 0 spiro atoms. The monoisotopic (exact) mass is 389 g/mol. The van der Waals surface area contributed by atoms with E-state index in [0.29, 0.717) is 22.8 Å². The van der Waals surface area contributed by atoms with Gasteiger partial charge in [-0.25, -0.2) is 19.3 Å². The van der Waals surface area contributed by atoms with E-state index in [1.165, 1.54) is 24.1 Å². The molecule has 0 amide bonds. The Balaban J connectivity index is 1.73. The van der Waals surface area contributed by atoms with Gasteiger partial charge in [0.25, 0.3) is 0 Å². The maximum Gasteiger partial charge on any atom is 0.167 e. The van der Waals surface area contributed by atoms with Gasteiger partial charge in [-0.1, -0.05) is 12.1 Å². The first kappa shape index (κ1) is 18.7. The molecule has 3 aromatic rings. The quantitative estimate of drug-likeness (QED) is 0.598. The van der Waals surface area contributed by atoms with Crippen molar-refractivity contribution in [1.29, 1.82) is 0 Å². The van der Waals surface area contributed by atoms with Crippen molar-refractivity contribution in [3.63, 3.8) is 0 Å². The number of aliphatic hydroxyl groups is 2. The topological polar surface area (TPSA) is 115 Å². The first-order chi connectivity index (χ1) is 13.5. The van der Waals surface area contributed by atoms with Crippen molar-refractivity contribution in [2.24, 2.45) is 0 Å². The maximum absolute atomic E-state index is 14.0. The average Bonchev–Trinajstić information content (AvgIpc) is 3.20. The Morgan fingerprint density at radius 3 is 2.79 bits per heavy atom. The number of hydrogen-bond acceptors (Lipinski definition) is 8. The van der Waals surface area contributed by atoms with Crippen LogP contribution in [-0.2, 0) is 9.47 Å². The van der Waals surface area contributed by atoms with Crippen LogP contribution in [-0.4, -0.2) is 61.8 Å². The summed E-state index contributed by atoms with van der Waals surface area (Å²) in [6.45, 7) is 1.83. The SMILES string of the molecule is COC[C@H]1O[C@@H](n2cnc3c(Nc4ccccc4F)nc(C)nc32)[C@H](O)[C@@H]1O. The van der Waals surface area contributed by atoms with Gasteiger partial charge in [0.2, 0.25) is 0 Å². The Bertz CT molecular complexity index is 997. The highest BCUT2D eigenvalue weighted by atomic mass is 19.1. The summed E-state index contributed by atoms with van der Waals surface area (Å²) in [5.41, 5.74) is 1.03. The zero-order valence-corrected chi connectivity index (χ0v) is 15.3. The number of nitrogens with zero attached hydrogens (tertiary/aromatic N) is 4. The van der Waals surface area contributed by atoms with Gasteiger partial charge < -0.3 is 25.0 Å². The molecule has 9 nitrogen and oxygen atoms in total. The number of benzene rings is 1. The molecular formula is C18H20FN5O4. The Morgan fingerprint density at radius 1 is 1.25 bits per heavy atom. The number of anilines is 2. The van der Waals surface area contributed by atoms with Gasteiger partial charge in [-0.05, 0) is 19.1 Å². The number of para-hydroxylation sites is 1.